The Bertz CT molecular complexity index is 594. The van der Waals surface area contributed by atoms with Crippen LogP contribution in [0.5, 0.6) is 0 Å². The van der Waals surface area contributed by atoms with Crippen molar-refractivity contribution in [3.63, 3.8) is 0 Å². The lowest BCUT2D eigenvalue weighted by Gasteiger charge is -2.17. The van der Waals surface area contributed by atoms with Gasteiger partial charge in [-0.05, 0) is 6.26 Å². The molecule has 1 aliphatic rings. The molecule has 0 aliphatic carbocycles. The first kappa shape index (κ1) is 15.1. The Morgan fingerprint density at radius 1 is 1.47 bits per heavy atom. The third kappa shape index (κ3) is 3.44. The van der Waals surface area contributed by atoms with Crippen molar-refractivity contribution in [2.24, 2.45) is 0 Å². The van der Waals surface area contributed by atoms with Crippen molar-refractivity contribution in [3.05, 3.63) is 27.0 Å². The highest BCUT2D eigenvalue weighted by molar-refractivity contribution is 8.24. The van der Waals surface area contributed by atoms with Gasteiger partial charge < -0.3 is 0 Å². The molecule has 0 N–H and O–H groups in total. The molecule has 0 saturated heterocycles. The van der Waals surface area contributed by atoms with Crippen molar-refractivity contribution < 1.29 is 0 Å². The third-order valence-corrected chi connectivity index (χ3v) is 6.73. The highest BCUT2D eigenvalue weighted by Gasteiger charge is 2.25. The van der Waals surface area contributed by atoms with Crippen LogP contribution < -0.4 is 0 Å². The number of hydrogen-bond donors (Lipinski definition) is 0. The quantitative estimate of drug-likeness (QED) is 0.340. The Balaban J connectivity index is 2.38. The SMILES string of the molecule is C=CCSC1=C(C#N)Sc2c(Cl)nc(SC)nc2S1. The lowest BCUT2D eigenvalue weighted by molar-refractivity contribution is 0.842. The molecular formula is C11H8ClN3S4. The van der Waals surface area contributed by atoms with E-state index in [0.717, 1.165) is 19.9 Å². The number of allylic oxidation sites excluding steroid dienone is 1. The molecule has 0 unspecified atom stereocenters. The molecule has 0 amide bonds. The van der Waals surface area contributed by atoms with Crippen molar-refractivity contribution >= 4 is 58.6 Å². The number of aromatic nitrogens is 2. The molecule has 2 rings (SSSR count). The minimum atomic E-state index is 0.410. The highest BCUT2D eigenvalue weighted by atomic mass is 35.5. The molecular weight excluding hydrogens is 338 g/mol. The predicted molar refractivity (Wildman–Crippen MR) is 85.8 cm³/mol. The van der Waals surface area contributed by atoms with E-state index in [9.17, 15) is 5.26 Å². The van der Waals surface area contributed by atoms with E-state index in [-0.39, 0.29) is 0 Å². The van der Waals surface area contributed by atoms with Crippen molar-refractivity contribution in [1.82, 2.24) is 9.97 Å². The summed E-state index contributed by atoms with van der Waals surface area (Å²) in [5.41, 5.74) is 0. The van der Waals surface area contributed by atoms with Crippen LogP contribution in [0, 0.1) is 11.3 Å². The topological polar surface area (TPSA) is 49.6 Å². The van der Waals surface area contributed by atoms with Crippen LogP contribution in [0.2, 0.25) is 5.15 Å². The Morgan fingerprint density at radius 3 is 2.89 bits per heavy atom. The van der Waals surface area contributed by atoms with Crippen LogP contribution >= 0.6 is 58.6 Å². The summed E-state index contributed by atoms with van der Waals surface area (Å²) in [6, 6.07) is 2.21. The first-order valence-electron chi connectivity index (χ1n) is 5.05. The molecule has 2 heterocycles. The van der Waals surface area contributed by atoms with Gasteiger partial charge in [-0.1, -0.05) is 53.0 Å². The maximum atomic E-state index is 9.21. The molecule has 3 nitrogen and oxygen atoms in total. The second kappa shape index (κ2) is 6.95. The lowest BCUT2D eigenvalue weighted by atomic mass is 10.6. The second-order valence-corrected chi connectivity index (χ2v) is 7.61. The number of hydrogen-bond acceptors (Lipinski definition) is 7. The van der Waals surface area contributed by atoms with Crippen molar-refractivity contribution in [1.29, 1.82) is 5.26 Å². The lowest BCUT2D eigenvalue weighted by Crippen LogP contribution is -1.98. The van der Waals surface area contributed by atoms with Gasteiger partial charge >= 0.3 is 0 Å². The van der Waals surface area contributed by atoms with Crippen LogP contribution in [0.4, 0.5) is 0 Å². The van der Waals surface area contributed by atoms with Crippen molar-refractivity contribution in [2.75, 3.05) is 12.0 Å². The number of rotatable bonds is 4. The molecule has 8 heteroatoms. The van der Waals surface area contributed by atoms with Crippen LogP contribution in [0.15, 0.2) is 36.9 Å². The summed E-state index contributed by atoms with van der Waals surface area (Å²) < 4.78 is 0.946. The monoisotopic (exact) mass is 345 g/mol. The van der Waals surface area contributed by atoms with Gasteiger partial charge in [0, 0.05) is 5.75 Å². The number of nitrogens with zero attached hydrogens (tertiary/aromatic N) is 3. The van der Waals surface area contributed by atoms with Crippen LogP contribution in [-0.4, -0.2) is 22.0 Å². The average Bonchev–Trinajstić information content (AvgIpc) is 2.43. The Morgan fingerprint density at radius 2 is 2.26 bits per heavy atom. The fraction of sp³-hybridized carbons (Fsp3) is 0.182. The molecule has 0 saturated carbocycles. The minimum Gasteiger partial charge on any atom is -0.214 e. The Kier molecular flexibility index (Phi) is 5.54. The molecule has 0 fully saturated rings. The van der Waals surface area contributed by atoms with Crippen LogP contribution in [-0.2, 0) is 0 Å². The Hall–Kier alpha value is -0.260. The van der Waals surface area contributed by atoms with Crippen molar-refractivity contribution in [2.45, 2.75) is 15.1 Å². The number of halogens is 1. The summed E-state index contributed by atoms with van der Waals surface area (Å²) in [6.07, 6.45) is 3.72. The summed E-state index contributed by atoms with van der Waals surface area (Å²) in [6.45, 7) is 3.69. The van der Waals surface area contributed by atoms with Gasteiger partial charge in [0.1, 0.15) is 21.2 Å². The molecule has 0 bridgehead atoms. The zero-order valence-corrected chi connectivity index (χ0v) is 13.9. The zero-order valence-electron chi connectivity index (χ0n) is 9.84. The summed E-state index contributed by atoms with van der Waals surface area (Å²) in [7, 11) is 0. The smallest absolute Gasteiger partial charge is 0.189 e. The van der Waals surface area contributed by atoms with Gasteiger partial charge in [-0.2, -0.15) is 5.26 Å². The number of fused-ring (bicyclic) bond motifs is 1. The van der Waals surface area contributed by atoms with E-state index >= 15 is 0 Å². The summed E-state index contributed by atoms with van der Waals surface area (Å²) >= 11 is 12.0. The van der Waals surface area contributed by atoms with Gasteiger partial charge in [0.2, 0.25) is 0 Å². The summed E-state index contributed by atoms with van der Waals surface area (Å²) in [5.74, 6) is 0.762. The van der Waals surface area contributed by atoms with Gasteiger partial charge in [0.15, 0.2) is 5.16 Å². The molecule has 0 radical (unpaired) electrons. The zero-order chi connectivity index (χ0) is 13.8. The van der Waals surface area contributed by atoms with Gasteiger partial charge in [-0.3, -0.25) is 0 Å². The molecule has 0 aromatic carbocycles. The third-order valence-electron chi connectivity index (χ3n) is 1.97. The largest absolute Gasteiger partial charge is 0.214 e. The molecule has 0 spiro atoms. The number of thioether (sulfide) groups is 4. The van der Waals surface area contributed by atoms with E-state index in [1.165, 1.54) is 35.3 Å². The van der Waals surface area contributed by atoms with Gasteiger partial charge in [-0.15, -0.1) is 18.3 Å². The number of nitriles is 1. The summed E-state index contributed by atoms with van der Waals surface area (Å²) in [5, 5.41) is 11.1. The molecule has 1 aliphatic heterocycles. The van der Waals surface area contributed by atoms with Crippen LogP contribution in [0.25, 0.3) is 0 Å². The molecule has 1 aromatic heterocycles. The van der Waals surface area contributed by atoms with Crippen LogP contribution in [0.1, 0.15) is 0 Å². The fourth-order valence-electron chi connectivity index (χ4n) is 1.21. The average molecular weight is 346 g/mol. The van der Waals surface area contributed by atoms with Gasteiger partial charge in [-0.25, -0.2) is 9.97 Å². The minimum absolute atomic E-state index is 0.410. The van der Waals surface area contributed by atoms with E-state index in [0.29, 0.717) is 15.2 Å². The summed E-state index contributed by atoms with van der Waals surface area (Å²) in [4.78, 5) is 10.0. The first-order valence-corrected chi connectivity index (χ1v) is 9.27. The second-order valence-electron chi connectivity index (χ2n) is 3.17. The molecule has 1 aromatic rings. The van der Waals surface area contributed by atoms with E-state index in [4.69, 9.17) is 11.6 Å². The van der Waals surface area contributed by atoms with E-state index in [1.807, 2.05) is 12.3 Å². The molecule has 98 valence electrons. The van der Waals surface area contributed by atoms with E-state index in [1.54, 1.807) is 11.8 Å². The normalized spacial score (nSPS) is 13.9. The maximum absolute atomic E-state index is 9.21. The molecule has 19 heavy (non-hydrogen) atoms. The maximum Gasteiger partial charge on any atom is 0.189 e. The van der Waals surface area contributed by atoms with Crippen LogP contribution in [0.3, 0.4) is 0 Å². The van der Waals surface area contributed by atoms with E-state index < -0.39 is 0 Å². The first-order chi connectivity index (χ1) is 9.19. The van der Waals surface area contributed by atoms with Gasteiger partial charge in [0.25, 0.3) is 0 Å². The van der Waals surface area contributed by atoms with E-state index in [2.05, 4.69) is 22.6 Å². The predicted octanol–water partition coefficient (Wildman–Crippen LogP) is 4.66. The highest BCUT2D eigenvalue weighted by Crippen LogP contribution is 2.51. The Labute approximate surface area is 133 Å². The van der Waals surface area contributed by atoms with Crippen molar-refractivity contribution in [3.8, 4) is 6.07 Å². The molecule has 0 atom stereocenters. The fourth-order valence-corrected chi connectivity index (χ4v) is 5.18. The standard InChI is InChI=1S/C11H8ClN3S4/c1-3-4-17-10-6(5-13)18-7-8(12)14-11(16-2)15-9(7)19-10/h3H,1,4H2,2H3. The van der Waals surface area contributed by atoms with Gasteiger partial charge in [0.05, 0.1) is 9.13 Å².